The Kier molecular flexibility index (Phi) is 9.46. The van der Waals surface area contributed by atoms with Gasteiger partial charge in [0, 0.05) is 18.9 Å². The monoisotopic (exact) mass is 709 g/mol. The molecule has 3 fully saturated rings. The van der Waals surface area contributed by atoms with Crippen molar-refractivity contribution in [1.82, 2.24) is 25.2 Å². The van der Waals surface area contributed by atoms with Crippen LogP contribution in [0.1, 0.15) is 63.4 Å². The summed E-state index contributed by atoms with van der Waals surface area (Å²) in [5.41, 5.74) is 0.162. The molecule has 1 saturated heterocycles. The summed E-state index contributed by atoms with van der Waals surface area (Å²) in [6, 6.07) is 12.5. The van der Waals surface area contributed by atoms with Gasteiger partial charge in [-0.15, -0.1) is 0 Å². The Morgan fingerprint density at radius 2 is 1.92 bits per heavy atom. The van der Waals surface area contributed by atoms with Gasteiger partial charge in [0.2, 0.25) is 21.8 Å². The summed E-state index contributed by atoms with van der Waals surface area (Å²) in [7, 11) is -3.85. The second kappa shape index (κ2) is 13.8. The Morgan fingerprint density at radius 1 is 1.10 bits per heavy atom. The van der Waals surface area contributed by atoms with Gasteiger partial charge in [0.05, 0.1) is 28.1 Å². The SMILES string of the molecule is O=C1N[C@]2(C(=O)NS(=O)(=O)C3CC3)C[C@H]2C=CCCCCC[C@H](NCc2ccccc2)C(=O)N2C[C@H](Oc3nc4ccc(F)cc4s3)C[C@@H]12. The van der Waals surface area contributed by atoms with Gasteiger partial charge < -0.3 is 20.3 Å². The topological polar surface area (TPSA) is 147 Å². The van der Waals surface area contributed by atoms with Crippen molar-refractivity contribution in [3.05, 3.63) is 72.1 Å². The highest BCUT2D eigenvalue weighted by Gasteiger charge is 2.62. The summed E-state index contributed by atoms with van der Waals surface area (Å²) in [6.45, 7) is 0.566. The van der Waals surface area contributed by atoms with E-state index < -0.39 is 50.8 Å². The smallest absolute Gasteiger partial charge is 0.274 e. The fraction of sp³-hybridized carbons (Fsp3) is 0.486. The average molecular weight is 710 g/mol. The van der Waals surface area contributed by atoms with Crippen LogP contribution in [0.2, 0.25) is 0 Å². The Balaban J connectivity index is 1.16. The molecule has 260 valence electrons. The number of carbonyl (C=O) groups excluding carboxylic acids is 3. The van der Waals surface area contributed by atoms with Crippen LogP contribution in [0, 0.1) is 11.7 Å². The molecule has 0 radical (unpaired) electrons. The number of nitrogens with zero attached hydrogens (tertiary/aromatic N) is 2. The second-order valence-electron chi connectivity index (χ2n) is 13.5. The van der Waals surface area contributed by atoms with Crippen molar-refractivity contribution in [3.63, 3.8) is 0 Å². The summed E-state index contributed by atoms with van der Waals surface area (Å²) in [4.78, 5) is 48.2. The van der Waals surface area contributed by atoms with Crippen LogP contribution in [0.25, 0.3) is 10.2 Å². The van der Waals surface area contributed by atoms with Gasteiger partial charge in [-0.3, -0.25) is 19.1 Å². The first-order valence-corrected chi connectivity index (χ1v) is 19.3. The fourth-order valence-corrected chi connectivity index (χ4v) is 9.08. The molecule has 0 bridgehead atoms. The first-order valence-electron chi connectivity index (χ1n) is 17.0. The van der Waals surface area contributed by atoms with E-state index in [0.717, 1.165) is 31.2 Å². The van der Waals surface area contributed by atoms with Crippen molar-refractivity contribution in [2.24, 2.45) is 5.92 Å². The molecule has 2 aliphatic heterocycles. The first-order chi connectivity index (χ1) is 23.6. The molecule has 0 spiro atoms. The van der Waals surface area contributed by atoms with Crippen LogP contribution in [-0.2, 0) is 31.0 Å². The average Bonchev–Trinajstić information content (AvgIpc) is 3.97. The number of benzene rings is 2. The number of hydrogen-bond donors (Lipinski definition) is 3. The quantitative estimate of drug-likeness (QED) is 0.298. The predicted molar refractivity (Wildman–Crippen MR) is 182 cm³/mol. The third kappa shape index (κ3) is 7.51. The van der Waals surface area contributed by atoms with Crippen LogP contribution in [0.3, 0.4) is 0 Å². The largest absolute Gasteiger partial charge is 0.465 e. The van der Waals surface area contributed by atoms with Crippen molar-refractivity contribution in [2.45, 2.75) is 93.3 Å². The van der Waals surface area contributed by atoms with Crippen molar-refractivity contribution < 1.29 is 31.9 Å². The number of allylic oxidation sites excluding steroid dienone is 1. The van der Waals surface area contributed by atoms with Gasteiger partial charge in [-0.1, -0.05) is 66.7 Å². The number of aromatic nitrogens is 1. The van der Waals surface area contributed by atoms with E-state index in [1.54, 1.807) is 6.07 Å². The summed E-state index contributed by atoms with van der Waals surface area (Å²) in [6.07, 6.45) is 8.58. The van der Waals surface area contributed by atoms with Gasteiger partial charge in [-0.25, -0.2) is 17.8 Å². The molecule has 7 rings (SSSR count). The number of sulfonamides is 1. The van der Waals surface area contributed by atoms with Crippen molar-refractivity contribution in [3.8, 4) is 5.19 Å². The predicted octanol–water partition coefficient (Wildman–Crippen LogP) is 3.95. The van der Waals surface area contributed by atoms with Gasteiger partial charge in [-0.05, 0) is 62.3 Å². The Labute approximate surface area is 288 Å². The Morgan fingerprint density at radius 3 is 2.71 bits per heavy atom. The van der Waals surface area contributed by atoms with E-state index in [0.29, 0.717) is 41.2 Å². The van der Waals surface area contributed by atoms with Gasteiger partial charge >= 0.3 is 0 Å². The third-order valence-corrected chi connectivity index (χ3v) is 12.6. The zero-order chi connectivity index (χ0) is 34.2. The maximum absolute atomic E-state index is 14.4. The van der Waals surface area contributed by atoms with E-state index in [1.165, 1.54) is 28.4 Å². The standard InChI is InChI=1S/C35H40FN5O6S2/c36-24-13-16-27-30(17-24)48-34(38-27)47-25-18-29-31(42)39-35(33(44)40-49(45,46)26-14-15-26)19-23(35)11-7-2-1-3-8-12-28(32(43)41(29)21-25)37-20-22-9-5-4-6-10-22/h4-7,9-11,13,16-17,23,25-26,28-29,37H,1-3,8,12,14-15,18-21H2,(H,39,42)(H,40,44)/t23-,25-,28+,29+,35-/m1/s1. The lowest BCUT2D eigenvalue weighted by Crippen LogP contribution is -2.58. The molecular formula is C35H40FN5O6S2. The normalized spacial score (nSPS) is 27.8. The zero-order valence-electron chi connectivity index (χ0n) is 27.0. The minimum absolute atomic E-state index is 0.101. The number of ether oxygens (including phenoxy) is 1. The van der Waals surface area contributed by atoms with Gasteiger partial charge in [0.25, 0.3) is 11.1 Å². The second-order valence-corrected chi connectivity index (χ2v) is 16.5. The van der Waals surface area contributed by atoms with E-state index >= 15 is 0 Å². The van der Waals surface area contributed by atoms with Crippen LogP contribution in [0.15, 0.2) is 60.7 Å². The molecule has 49 heavy (non-hydrogen) atoms. The minimum atomic E-state index is -3.85. The van der Waals surface area contributed by atoms with E-state index in [9.17, 15) is 27.2 Å². The molecule has 0 unspecified atom stereocenters. The van der Waals surface area contributed by atoms with E-state index in [1.807, 2.05) is 42.5 Å². The third-order valence-electron chi connectivity index (χ3n) is 9.84. The highest BCUT2D eigenvalue weighted by Crippen LogP contribution is 2.46. The lowest BCUT2D eigenvalue weighted by molar-refractivity contribution is -0.141. The molecule has 5 atom stereocenters. The van der Waals surface area contributed by atoms with Crippen molar-refractivity contribution >= 4 is 49.3 Å². The molecule has 3 N–H and O–H groups in total. The highest BCUT2D eigenvalue weighted by molar-refractivity contribution is 7.91. The van der Waals surface area contributed by atoms with E-state index in [-0.39, 0.29) is 37.0 Å². The number of thiazole rings is 1. The molecule has 2 saturated carbocycles. The lowest BCUT2D eigenvalue weighted by atomic mass is 10.0. The molecule has 14 heteroatoms. The molecule has 11 nitrogen and oxygen atoms in total. The zero-order valence-corrected chi connectivity index (χ0v) is 28.6. The molecule has 2 aliphatic carbocycles. The number of carbonyl (C=O) groups is 3. The van der Waals surface area contributed by atoms with Crippen LogP contribution in [0.5, 0.6) is 5.19 Å². The molecule has 3 amide bonds. The minimum Gasteiger partial charge on any atom is -0.465 e. The Hall–Kier alpha value is -3.88. The Bertz CT molecular complexity index is 1870. The molecule has 1 aromatic heterocycles. The number of halogens is 1. The fourth-order valence-electron chi connectivity index (χ4n) is 6.81. The summed E-state index contributed by atoms with van der Waals surface area (Å²) in [5, 5.41) is 6.03. The number of hydrogen-bond acceptors (Lipinski definition) is 9. The van der Waals surface area contributed by atoms with E-state index in [4.69, 9.17) is 4.74 Å². The van der Waals surface area contributed by atoms with Crippen LogP contribution in [0.4, 0.5) is 4.39 Å². The summed E-state index contributed by atoms with van der Waals surface area (Å²) < 4.78 is 48.4. The van der Waals surface area contributed by atoms with Crippen molar-refractivity contribution in [2.75, 3.05) is 6.54 Å². The number of amides is 3. The molecular weight excluding hydrogens is 670 g/mol. The maximum atomic E-state index is 14.4. The van der Waals surface area contributed by atoms with Crippen LogP contribution in [-0.4, -0.2) is 71.5 Å². The molecule has 3 aromatic rings. The van der Waals surface area contributed by atoms with Crippen LogP contribution < -0.4 is 20.1 Å². The number of fused-ring (bicyclic) bond motifs is 3. The molecule has 3 heterocycles. The van der Waals surface area contributed by atoms with Gasteiger partial charge in [-0.2, -0.15) is 0 Å². The summed E-state index contributed by atoms with van der Waals surface area (Å²) in [5.74, 6) is -2.31. The lowest BCUT2D eigenvalue weighted by Gasteiger charge is -2.30. The number of rotatable bonds is 8. The molecule has 4 aliphatic rings. The number of nitrogens with one attached hydrogen (secondary N) is 3. The van der Waals surface area contributed by atoms with Gasteiger partial charge in [0.15, 0.2) is 0 Å². The van der Waals surface area contributed by atoms with Crippen molar-refractivity contribution in [1.29, 1.82) is 0 Å². The summed E-state index contributed by atoms with van der Waals surface area (Å²) >= 11 is 1.18. The van der Waals surface area contributed by atoms with Gasteiger partial charge in [0.1, 0.15) is 23.5 Å². The van der Waals surface area contributed by atoms with Crippen LogP contribution >= 0.6 is 11.3 Å². The maximum Gasteiger partial charge on any atom is 0.274 e. The molecule has 2 aromatic carbocycles. The highest BCUT2D eigenvalue weighted by atomic mass is 32.2. The first kappa shape index (κ1) is 33.6. The van der Waals surface area contributed by atoms with E-state index in [2.05, 4.69) is 20.3 Å².